The number of carbonyl (C=O) groups is 2. The molecule has 1 aliphatic carbocycles. The second-order valence-corrected chi connectivity index (χ2v) is 9.76. The molecule has 0 amide bonds. The highest BCUT2D eigenvalue weighted by atomic mass is 16.8. The van der Waals surface area contributed by atoms with E-state index in [2.05, 4.69) is 0 Å². The fourth-order valence-corrected chi connectivity index (χ4v) is 5.11. The van der Waals surface area contributed by atoms with Crippen molar-refractivity contribution in [1.82, 2.24) is 0 Å². The average Bonchev–Trinajstić information content (AvgIpc) is 3.44. The Labute approximate surface area is 240 Å². The van der Waals surface area contributed by atoms with Gasteiger partial charge in [0.15, 0.2) is 17.8 Å². The topological polar surface area (TPSA) is 200 Å². The summed E-state index contributed by atoms with van der Waals surface area (Å²) in [5, 5.41) is 51.4. The number of phenolic OH excluding ortho intramolecular Hbond substituents is 1. The number of aromatic hydroxyl groups is 1. The Kier molecular flexibility index (Phi) is 10.1. The molecule has 0 bridgehead atoms. The second kappa shape index (κ2) is 13.5. The maximum atomic E-state index is 12.4. The Hall–Kier alpha value is -3.66. The zero-order chi connectivity index (χ0) is 30.6. The third-order valence-electron chi connectivity index (χ3n) is 7.36. The molecule has 1 fully saturated rings. The molecule has 230 valence electrons. The molecule has 1 aromatic rings. The quantitative estimate of drug-likeness (QED) is 0.135. The average molecular weight is 595 g/mol. The number of hydrogen-bond acceptors (Lipinski definition) is 14. The highest BCUT2D eigenvalue weighted by molar-refractivity contribution is 5.89. The first-order valence-electron chi connectivity index (χ1n) is 13.0. The van der Waals surface area contributed by atoms with Crippen molar-refractivity contribution in [2.75, 3.05) is 34.5 Å². The lowest BCUT2D eigenvalue weighted by Gasteiger charge is -2.43. The number of aliphatic hydroxyl groups is 4. The van der Waals surface area contributed by atoms with Gasteiger partial charge in [-0.15, -0.1) is 0 Å². The van der Waals surface area contributed by atoms with E-state index in [4.69, 9.17) is 33.2 Å². The van der Waals surface area contributed by atoms with Gasteiger partial charge in [-0.05, 0) is 35.8 Å². The van der Waals surface area contributed by atoms with Gasteiger partial charge in [0.05, 0.1) is 45.7 Å². The van der Waals surface area contributed by atoms with E-state index in [1.165, 1.54) is 45.8 Å². The number of allylic oxidation sites excluding steroid dienone is 1. The fraction of sp³-hybridized carbons (Fsp3) is 0.500. The normalized spacial score (nSPS) is 30.5. The first kappa shape index (κ1) is 31.3. The van der Waals surface area contributed by atoms with Crippen LogP contribution in [0.2, 0.25) is 0 Å². The van der Waals surface area contributed by atoms with Crippen molar-refractivity contribution in [1.29, 1.82) is 0 Å². The van der Waals surface area contributed by atoms with Crippen molar-refractivity contribution in [3.05, 3.63) is 47.3 Å². The van der Waals surface area contributed by atoms with Crippen LogP contribution in [0.1, 0.15) is 12.0 Å². The summed E-state index contributed by atoms with van der Waals surface area (Å²) in [5.41, 5.74) is 1.26. The molecule has 2 heterocycles. The predicted octanol–water partition coefficient (Wildman–Crippen LogP) is -0.242. The summed E-state index contributed by atoms with van der Waals surface area (Å²) >= 11 is 0. The lowest BCUT2D eigenvalue weighted by molar-refractivity contribution is -0.339. The number of hydrogen-bond donors (Lipinski definition) is 5. The summed E-state index contributed by atoms with van der Waals surface area (Å²) in [6.07, 6.45) is -3.18. The molecule has 3 aliphatic rings. The van der Waals surface area contributed by atoms with E-state index in [1.807, 2.05) is 0 Å². The first-order valence-corrected chi connectivity index (χ1v) is 13.0. The van der Waals surface area contributed by atoms with Gasteiger partial charge >= 0.3 is 11.9 Å². The SMILES string of the molecule is COC(=O)C1=CO[C@H](O[C@@H]2O[C@@H](COC(=O)C=Cc3cc(OC)c(O)c(OC)c3)[C@@H](O)[C@H](O)[C@H]2O)[C@H]2C(CO)=CC[C@H]12. The smallest absolute Gasteiger partial charge is 0.337 e. The molecule has 1 saturated heterocycles. The molecule has 14 heteroatoms. The molecular formula is C28H34O14. The Morgan fingerprint density at radius 1 is 1.02 bits per heavy atom. The molecule has 2 aliphatic heterocycles. The number of ether oxygens (including phenoxy) is 7. The Balaban J connectivity index is 1.42. The van der Waals surface area contributed by atoms with Crippen molar-refractivity contribution in [2.45, 2.75) is 43.4 Å². The molecule has 8 atom stereocenters. The van der Waals surface area contributed by atoms with Crippen LogP contribution in [-0.4, -0.2) is 109 Å². The summed E-state index contributed by atoms with van der Waals surface area (Å²) in [4.78, 5) is 24.6. The van der Waals surface area contributed by atoms with Crippen molar-refractivity contribution >= 4 is 18.0 Å². The van der Waals surface area contributed by atoms with Gasteiger partial charge in [-0.3, -0.25) is 0 Å². The fourth-order valence-electron chi connectivity index (χ4n) is 5.11. The molecule has 0 unspecified atom stereocenters. The van der Waals surface area contributed by atoms with Gasteiger partial charge in [-0.1, -0.05) is 6.08 Å². The van der Waals surface area contributed by atoms with Gasteiger partial charge in [-0.2, -0.15) is 0 Å². The lowest BCUT2D eigenvalue weighted by atomic mass is 9.83. The minimum absolute atomic E-state index is 0.129. The largest absolute Gasteiger partial charge is 0.502 e. The van der Waals surface area contributed by atoms with Crippen molar-refractivity contribution in [3.8, 4) is 17.2 Å². The molecule has 0 spiro atoms. The summed E-state index contributed by atoms with van der Waals surface area (Å²) in [6, 6.07) is 2.94. The van der Waals surface area contributed by atoms with E-state index >= 15 is 0 Å². The minimum atomic E-state index is -1.73. The lowest BCUT2D eigenvalue weighted by Crippen LogP contribution is -2.60. The Morgan fingerprint density at radius 3 is 2.33 bits per heavy atom. The zero-order valence-electron chi connectivity index (χ0n) is 23.1. The first-order chi connectivity index (χ1) is 20.1. The van der Waals surface area contributed by atoms with Crippen LogP contribution >= 0.6 is 0 Å². The van der Waals surface area contributed by atoms with Crippen LogP contribution in [0.3, 0.4) is 0 Å². The maximum absolute atomic E-state index is 12.4. The molecule has 0 aromatic heterocycles. The van der Waals surface area contributed by atoms with Crippen LogP contribution in [0.5, 0.6) is 17.2 Å². The second-order valence-electron chi connectivity index (χ2n) is 9.76. The van der Waals surface area contributed by atoms with Gasteiger partial charge in [0.25, 0.3) is 0 Å². The molecular weight excluding hydrogens is 560 g/mol. The maximum Gasteiger partial charge on any atom is 0.337 e. The number of methoxy groups -OCH3 is 3. The number of benzene rings is 1. The van der Waals surface area contributed by atoms with Crippen molar-refractivity contribution < 1.29 is 68.3 Å². The summed E-state index contributed by atoms with van der Waals surface area (Å²) in [7, 11) is 3.96. The van der Waals surface area contributed by atoms with Gasteiger partial charge in [0, 0.05) is 12.0 Å². The summed E-state index contributed by atoms with van der Waals surface area (Å²) in [6.45, 7) is -0.841. The molecule has 0 radical (unpaired) electrons. The van der Waals surface area contributed by atoms with Gasteiger partial charge in [0.1, 0.15) is 31.0 Å². The van der Waals surface area contributed by atoms with Crippen LogP contribution in [0, 0.1) is 11.8 Å². The van der Waals surface area contributed by atoms with E-state index in [0.717, 1.165) is 6.08 Å². The summed E-state index contributed by atoms with van der Waals surface area (Å²) < 4.78 is 37.3. The molecule has 4 rings (SSSR count). The van der Waals surface area contributed by atoms with Crippen LogP contribution in [0.25, 0.3) is 6.08 Å². The van der Waals surface area contributed by atoms with Crippen molar-refractivity contribution in [2.24, 2.45) is 11.8 Å². The minimum Gasteiger partial charge on any atom is -0.502 e. The van der Waals surface area contributed by atoms with E-state index < -0.39 is 67.4 Å². The van der Waals surface area contributed by atoms with E-state index in [-0.39, 0.29) is 29.4 Å². The number of aliphatic hydroxyl groups excluding tert-OH is 4. The number of fused-ring (bicyclic) bond motifs is 1. The Bertz CT molecular complexity index is 1210. The van der Waals surface area contributed by atoms with E-state index in [9.17, 15) is 35.1 Å². The predicted molar refractivity (Wildman–Crippen MR) is 141 cm³/mol. The molecule has 5 N–H and O–H groups in total. The van der Waals surface area contributed by atoms with Crippen molar-refractivity contribution in [3.63, 3.8) is 0 Å². The summed E-state index contributed by atoms with van der Waals surface area (Å²) in [5.74, 6) is -2.40. The highest BCUT2D eigenvalue weighted by Crippen LogP contribution is 2.44. The third-order valence-corrected chi connectivity index (χ3v) is 7.36. The van der Waals surface area contributed by atoms with Gasteiger partial charge in [-0.25, -0.2) is 9.59 Å². The van der Waals surface area contributed by atoms with Crippen LogP contribution < -0.4 is 9.47 Å². The van der Waals surface area contributed by atoms with E-state index in [0.29, 0.717) is 17.6 Å². The Morgan fingerprint density at radius 2 is 1.71 bits per heavy atom. The number of phenols is 1. The van der Waals surface area contributed by atoms with Crippen LogP contribution in [0.15, 0.2) is 41.7 Å². The highest BCUT2D eigenvalue weighted by Gasteiger charge is 2.50. The van der Waals surface area contributed by atoms with E-state index in [1.54, 1.807) is 6.08 Å². The van der Waals surface area contributed by atoms with Crippen LogP contribution in [0.4, 0.5) is 0 Å². The molecule has 0 saturated carbocycles. The standard InChI is InChI=1S/C28H34O14/c1-36-17-8-13(9-18(37-2)22(17)31)4-7-20(30)39-12-19-23(32)24(33)25(34)28(41-19)42-27-21-14(10-29)5-6-15(21)16(11-40-27)26(35)38-3/h4-5,7-9,11,15,19,21,23-25,27-29,31-34H,6,10,12H2,1-3H3/t15-,19+,21+,23-,24+,25-,27-,28+/m1/s1. The molecule has 1 aromatic carbocycles. The number of rotatable bonds is 10. The molecule has 14 nitrogen and oxygen atoms in total. The molecule has 42 heavy (non-hydrogen) atoms. The monoisotopic (exact) mass is 594 g/mol. The van der Waals surface area contributed by atoms with Crippen LogP contribution in [-0.2, 0) is 33.3 Å². The van der Waals surface area contributed by atoms with Gasteiger partial charge in [0.2, 0.25) is 12.0 Å². The third kappa shape index (κ3) is 6.38. The zero-order valence-corrected chi connectivity index (χ0v) is 23.1. The number of carbonyl (C=O) groups excluding carboxylic acids is 2. The van der Waals surface area contributed by atoms with Gasteiger partial charge < -0.3 is 58.7 Å². The number of esters is 2.